The maximum absolute atomic E-state index is 12.5. The predicted octanol–water partition coefficient (Wildman–Crippen LogP) is 3.93. The molecular weight excluding hydrogens is 388 g/mol. The van der Waals surface area contributed by atoms with Crippen LogP contribution in [-0.2, 0) is 14.8 Å². The first-order valence-corrected chi connectivity index (χ1v) is 11.4. The fraction of sp³-hybridized carbons (Fsp3) is 0.409. The second-order valence-electron chi connectivity index (χ2n) is 7.56. The van der Waals surface area contributed by atoms with Crippen molar-refractivity contribution in [2.24, 2.45) is 0 Å². The summed E-state index contributed by atoms with van der Waals surface area (Å²) in [5, 5.41) is 2.72. The van der Waals surface area contributed by atoms with E-state index in [9.17, 15) is 13.2 Å². The zero-order valence-corrected chi connectivity index (χ0v) is 17.7. The number of hydrogen-bond donors (Lipinski definition) is 2. The topological polar surface area (TPSA) is 84.5 Å². The van der Waals surface area contributed by atoms with Gasteiger partial charge in [-0.25, -0.2) is 13.1 Å². The van der Waals surface area contributed by atoms with Crippen molar-refractivity contribution in [1.82, 2.24) is 4.72 Å². The smallest absolute Gasteiger partial charge is 0.262 e. The first-order valence-electron chi connectivity index (χ1n) is 9.96. The Morgan fingerprint density at radius 3 is 2.34 bits per heavy atom. The van der Waals surface area contributed by atoms with Crippen molar-refractivity contribution in [2.75, 3.05) is 11.9 Å². The van der Waals surface area contributed by atoms with E-state index in [1.54, 1.807) is 12.1 Å². The molecule has 7 heteroatoms. The van der Waals surface area contributed by atoms with E-state index >= 15 is 0 Å². The van der Waals surface area contributed by atoms with Crippen LogP contribution in [0.25, 0.3) is 0 Å². The third-order valence-corrected chi connectivity index (χ3v) is 6.76. The van der Waals surface area contributed by atoms with Crippen LogP contribution in [0.2, 0.25) is 0 Å². The van der Waals surface area contributed by atoms with Crippen LogP contribution < -0.4 is 14.8 Å². The molecule has 3 rings (SSSR count). The van der Waals surface area contributed by atoms with Crippen molar-refractivity contribution >= 4 is 21.6 Å². The molecule has 2 aromatic carbocycles. The largest absolute Gasteiger partial charge is 0.484 e. The Bertz CT molecular complexity index is 949. The molecule has 0 saturated heterocycles. The molecule has 0 aromatic heterocycles. The number of anilines is 1. The molecule has 2 N–H and O–H groups in total. The van der Waals surface area contributed by atoms with E-state index in [0.717, 1.165) is 36.8 Å². The van der Waals surface area contributed by atoms with Crippen LogP contribution >= 0.6 is 0 Å². The lowest BCUT2D eigenvalue weighted by Crippen LogP contribution is -2.36. The Balaban J connectivity index is 1.53. The lowest BCUT2D eigenvalue weighted by Gasteiger charge is -2.22. The summed E-state index contributed by atoms with van der Waals surface area (Å²) in [6, 6.07) is 11.9. The van der Waals surface area contributed by atoms with Gasteiger partial charge in [-0.1, -0.05) is 25.3 Å². The lowest BCUT2D eigenvalue weighted by molar-refractivity contribution is -0.118. The molecule has 6 nitrogen and oxygen atoms in total. The minimum absolute atomic E-state index is 0.00990. The molecule has 29 heavy (non-hydrogen) atoms. The molecule has 1 saturated carbocycles. The van der Waals surface area contributed by atoms with Gasteiger partial charge in [0.1, 0.15) is 5.75 Å². The molecule has 0 atom stereocenters. The van der Waals surface area contributed by atoms with Gasteiger partial charge in [0, 0.05) is 11.7 Å². The molecule has 1 aliphatic rings. The zero-order chi connectivity index (χ0) is 20.9. The third-order valence-electron chi connectivity index (χ3n) is 5.22. The van der Waals surface area contributed by atoms with E-state index in [0.29, 0.717) is 11.4 Å². The summed E-state index contributed by atoms with van der Waals surface area (Å²) in [6.45, 7) is 3.88. The molecule has 0 unspecified atom stereocenters. The maximum Gasteiger partial charge on any atom is 0.262 e. The van der Waals surface area contributed by atoms with Gasteiger partial charge < -0.3 is 10.1 Å². The monoisotopic (exact) mass is 416 g/mol. The summed E-state index contributed by atoms with van der Waals surface area (Å²) < 4.78 is 33.4. The molecule has 1 fully saturated rings. The number of nitrogens with one attached hydrogen (secondary N) is 2. The van der Waals surface area contributed by atoms with Gasteiger partial charge in [-0.15, -0.1) is 0 Å². The highest BCUT2D eigenvalue weighted by Crippen LogP contribution is 2.21. The van der Waals surface area contributed by atoms with Gasteiger partial charge in [-0.2, -0.15) is 0 Å². The molecule has 0 heterocycles. The first kappa shape index (κ1) is 21.3. The van der Waals surface area contributed by atoms with E-state index in [1.165, 1.54) is 18.6 Å². The molecule has 156 valence electrons. The van der Waals surface area contributed by atoms with Crippen LogP contribution in [0.4, 0.5) is 5.69 Å². The van der Waals surface area contributed by atoms with Crippen LogP contribution in [0.1, 0.15) is 43.2 Å². The Hall–Kier alpha value is -2.38. The van der Waals surface area contributed by atoms with Crippen LogP contribution in [0.15, 0.2) is 47.4 Å². The van der Waals surface area contributed by atoms with E-state index in [4.69, 9.17) is 4.74 Å². The zero-order valence-electron chi connectivity index (χ0n) is 16.9. The quantitative estimate of drug-likeness (QED) is 0.716. The number of rotatable bonds is 7. The highest BCUT2D eigenvalue weighted by atomic mass is 32.2. The van der Waals surface area contributed by atoms with E-state index in [1.807, 2.05) is 32.0 Å². The molecular formula is C22H28N2O4S. The number of carbonyl (C=O) groups is 1. The Morgan fingerprint density at radius 1 is 1.00 bits per heavy atom. The summed E-state index contributed by atoms with van der Waals surface area (Å²) in [5.41, 5.74) is 2.78. The standard InChI is InChI=1S/C22H28N2O4S/c1-16-8-11-20(14-17(16)2)28-15-22(25)23-18-9-12-21(13-10-18)29(26,27)24-19-6-4-3-5-7-19/h8-14,19,24H,3-7,15H2,1-2H3,(H,23,25). The average molecular weight is 417 g/mol. The number of amides is 1. The van der Waals surface area contributed by atoms with Crippen molar-refractivity contribution in [3.05, 3.63) is 53.6 Å². The number of benzene rings is 2. The van der Waals surface area contributed by atoms with Gasteiger partial charge in [0.15, 0.2) is 6.61 Å². The minimum atomic E-state index is -3.55. The van der Waals surface area contributed by atoms with Gasteiger partial charge in [0.05, 0.1) is 4.90 Å². The number of aryl methyl sites for hydroxylation is 2. The Labute approximate surface area is 172 Å². The van der Waals surface area contributed by atoms with E-state index < -0.39 is 10.0 Å². The Kier molecular flexibility index (Phi) is 6.92. The van der Waals surface area contributed by atoms with Crippen molar-refractivity contribution in [3.63, 3.8) is 0 Å². The van der Waals surface area contributed by atoms with Gasteiger partial charge in [0.2, 0.25) is 10.0 Å². The van der Waals surface area contributed by atoms with Gasteiger partial charge >= 0.3 is 0 Å². The van der Waals surface area contributed by atoms with Gasteiger partial charge in [-0.05, 0) is 74.2 Å². The number of sulfonamides is 1. The van der Waals surface area contributed by atoms with Gasteiger partial charge in [-0.3, -0.25) is 4.79 Å². The summed E-state index contributed by atoms with van der Waals surface area (Å²) in [5.74, 6) is 0.331. The second-order valence-corrected chi connectivity index (χ2v) is 9.28. The van der Waals surface area contributed by atoms with Crippen LogP contribution in [0.3, 0.4) is 0 Å². The maximum atomic E-state index is 12.5. The minimum Gasteiger partial charge on any atom is -0.484 e. The van der Waals surface area contributed by atoms with Crippen molar-refractivity contribution in [2.45, 2.75) is 56.9 Å². The average Bonchev–Trinajstić information content (AvgIpc) is 2.70. The number of carbonyl (C=O) groups excluding carboxylic acids is 1. The molecule has 0 spiro atoms. The SMILES string of the molecule is Cc1ccc(OCC(=O)Nc2ccc(S(=O)(=O)NC3CCCCC3)cc2)cc1C. The number of ether oxygens (including phenoxy) is 1. The second kappa shape index (κ2) is 9.41. The highest BCUT2D eigenvalue weighted by molar-refractivity contribution is 7.89. The first-order chi connectivity index (χ1) is 13.8. The van der Waals surface area contributed by atoms with E-state index in [-0.39, 0.29) is 23.5 Å². The summed E-state index contributed by atoms with van der Waals surface area (Å²) in [7, 11) is -3.55. The number of hydrogen-bond acceptors (Lipinski definition) is 4. The molecule has 2 aromatic rings. The molecule has 0 bridgehead atoms. The molecule has 1 aliphatic carbocycles. The van der Waals surface area contributed by atoms with Crippen molar-refractivity contribution in [1.29, 1.82) is 0 Å². The van der Waals surface area contributed by atoms with E-state index in [2.05, 4.69) is 10.0 Å². The Morgan fingerprint density at radius 2 is 1.69 bits per heavy atom. The molecule has 0 aliphatic heterocycles. The summed E-state index contributed by atoms with van der Waals surface area (Å²) >= 11 is 0. The summed E-state index contributed by atoms with van der Waals surface area (Å²) in [6.07, 6.45) is 5.05. The predicted molar refractivity (Wildman–Crippen MR) is 114 cm³/mol. The third kappa shape index (κ3) is 6.05. The van der Waals surface area contributed by atoms with Crippen LogP contribution in [0, 0.1) is 13.8 Å². The van der Waals surface area contributed by atoms with Crippen LogP contribution in [0.5, 0.6) is 5.75 Å². The van der Waals surface area contributed by atoms with Crippen LogP contribution in [-0.4, -0.2) is 27.0 Å². The van der Waals surface area contributed by atoms with Gasteiger partial charge in [0.25, 0.3) is 5.91 Å². The fourth-order valence-electron chi connectivity index (χ4n) is 3.37. The lowest BCUT2D eigenvalue weighted by atomic mass is 9.96. The fourth-order valence-corrected chi connectivity index (χ4v) is 4.68. The van der Waals surface area contributed by atoms with Crippen molar-refractivity contribution in [3.8, 4) is 5.75 Å². The normalized spacial score (nSPS) is 15.1. The summed E-state index contributed by atoms with van der Waals surface area (Å²) in [4.78, 5) is 12.3. The molecule has 0 radical (unpaired) electrons. The molecule has 1 amide bonds. The highest BCUT2D eigenvalue weighted by Gasteiger charge is 2.21. The van der Waals surface area contributed by atoms with Crippen molar-refractivity contribution < 1.29 is 17.9 Å².